The molecule has 2 rings (SSSR count). The van der Waals surface area contributed by atoms with Crippen molar-refractivity contribution in [2.24, 2.45) is 5.92 Å². The molecule has 1 aromatic rings. The molecular weight excluding hydrogens is 244 g/mol. The molecule has 1 N–H and O–H groups in total. The lowest BCUT2D eigenvalue weighted by atomic mass is 9.85. The van der Waals surface area contributed by atoms with Crippen molar-refractivity contribution in [1.82, 2.24) is 0 Å². The number of hydrogen-bond acceptors (Lipinski definition) is 4. The first-order valence-corrected chi connectivity index (χ1v) is 6.85. The number of anilines is 1. The second kappa shape index (κ2) is 6.41. The SMILES string of the molecule is CCCOc1cc(NCC2CCC2)ccc1[N+](=O)[O-]. The van der Waals surface area contributed by atoms with Gasteiger partial charge in [-0.05, 0) is 31.2 Å². The monoisotopic (exact) mass is 264 g/mol. The highest BCUT2D eigenvalue weighted by atomic mass is 16.6. The average Bonchev–Trinajstić information content (AvgIpc) is 2.34. The number of nitrogens with zero attached hydrogens (tertiary/aromatic N) is 1. The lowest BCUT2D eigenvalue weighted by Gasteiger charge is -2.25. The number of benzene rings is 1. The van der Waals surface area contributed by atoms with Crippen LogP contribution in [-0.2, 0) is 0 Å². The molecule has 1 aromatic carbocycles. The Morgan fingerprint density at radius 1 is 1.47 bits per heavy atom. The molecule has 1 aliphatic carbocycles. The highest BCUT2D eigenvalue weighted by Gasteiger charge is 2.18. The second-order valence-corrected chi connectivity index (χ2v) is 4.97. The molecule has 1 aliphatic rings. The molecule has 0 heterocycles. The third kappa shape index (κ3) is 3.59. The van der Waals surface area contributed by atoms with E-state index < -0.39 is 4.92 Å². The van der Waals surface area contributed by atoms with Crippen LogP contribution in [0.3, 0.4) is 0 Å². The summed E-state index contributed by atoms with van der Waals surface area (Å²) < 4.78 is 5.45. The first-order valence-electron chi connectivity index (χ1n) is 6.85. The van der Waals surface area contributed by atoms with Gasteiger partial charge < -0.3 is 10.1 Å². The molecule has 0 unspecified atom stereocenters. The Bertz CT molecular complexity index is 444. The van der Waals surface area contributed by atoms with E-state index in [0.717, 1.165) is 24.6 Å². The molecule has 1 saturated carbocycles. The van der Waals surface area contributed by atoms with Crippen LogP contribution in [0.15, 0.2) is 18.2 Å². The van der Waals surface area contributed by atoms with Crippen LogP contribution >= 0.6 is 0 Å². The van der Waals surface area contributed by atoms with Crippen LogP contribution in [-0.4, -0.2) is 18.1 Å². The van der Waals surface area contributed by atoms with E-state index in [-0.39, 0.29) is 5.69 Å². The highest BCUT2D eigenvalue weighted by molar-refractivity contribution is 5.58. The summed E-state index contributed by atoms with van der Waals surface area (Å²) >= 11 is 0. The van der Waals surface area contributed by atoms with Gasteiger partial charge in [-0.15, -0.1) is 0 Å². The molecule has 0 spiro atoms. The Balaban J connectivity index is 2.04. The maximum atomic E-state index is 10.9. The van der Waals surface area contributed by atoms with Crippen molar-refractivity contribution < 1.29 is 9.66 Å². The van der Waals surface area contributed by atoms with Gasteiger partial charge in [0.2, 0.25) is 0 Å². The van der Waals surface area contributed by atoms with Gasteiger partial charge in [-0.3, -0.25) is 10.1 Å². The lowest BCUT2D eigenvalue weighted by molar-refractivity contribution is -0.385. The number of hydrogen-bond donors (Lipinski definition) is 1. The van der Waals surface area contributed by atoms with Crippen molar-refractivity contribution in [3.8, 4) is 5.75 Å². The zero-order valence-corrected chi connectivity index (χ0v) is 11.2. The van der Waals surface area contributed by atoms with Crippen LogP contribution in [0.4, 0.5) is 11.4 Å². The molecule has 0 saturated heterocycles. The molecule has 0 atom stereocenters. The predicted molar refractivity (Wildman–Crippen MR) is 74.7 cm³/mol. The van der Waals surface area contributed by atoms with Gasteiger partial charge in [0.25, 0.3) is 0 Å². The van der Waals surface area contributed by atoms with E-state index >= 15 is 0 Å². The summed E-state index contributed by atoms with van der Waals surface area (Å²) in [5.74, 6) is 1.10. The van der Waals surface area contributed by atoms with Crippen LogP contribution < -0.4 is 10.1 Å². The van der Waals surface area contributed by atoms with Gasteiger partial charge in [0.1, 0.15) is 0 Å². The number of nitrogens with one attached hydrogen (secondary N) is 1. The Morgan fingerprint density at radius 3 is 2.84 bits per heavy atom. The van der Waals surface area contributed by atoms with E-state index in [0.29, 0.717) is 12.4 Å². The molecule has 5 heteroatoms. The topological polar surface area (TPSA) is 64.4 Å². The van der Waals surface area contributed by atoms with Crippen LogP contribution in [0.25, 0.3) is 0 Å². The number of nitro groups is 1. The number of rotatable bonds is 7. The Kier molecular flexibility index (Phi) is 4.60. The molecule has 104 valence electrons. The van der Waals surface area contributed by atoms with Gasteiger partial charge in [-0.25, -0.2) is 0 Å². The minimum Gasteiger partial charge on any atom is -0.487 e. The normalized spacial score (nSPS) is 14.8. The summed E-state index contributed by atoms with van der Waals surface area (Å²) in [6.45, 7) is 3.41. The molecule has 0 radical (unpaired) electrons. The Labute approximate surface area is 113 Å². The van der Waals surface area contributed by atoms with Crippen molar-refractivity contribution in [2.75, 3.05) is 18.5 Å². The van der Waals surface area contributed by atoms with Crippen LogP contribution in [0.1, 0.15) is 32.6 Å². The van der Waals surface area contributed by atoms with E-state index in [1.54, 1.807) is 12.1 Å². The highest BCUT2D eigenvalue weighted by Crippen LogP contribution is 2.31. The van der Waals surface area contributed by atoms with Gasteiger partial charge in [0.05, 0.1) is 11.5 Å². The second-order valence-electron chi connectivity index (χ2n) is 4.97. The van der Waals surface area contributed by atoms with Crippen molar-refractivity contribution in [3.05, 3.63) is 28.3 Å². The summed E-state index contributed by atoms with van der Waals surface area (Å²) in [5, 5.41) is 14.2. The van der Waals surface area contributed by atoms with Gasteiger partial charge in [0.15, 0.2) is 5.75 Å². The molecular formula is C14H20N2O3. The molecule has 0 aliphatic heterocycles. The minimum atomic E-state index is -0.402. The third-order valence-electron chi connectivity index (χ3n) is 3.44. The summed E-state index contributed by atoms with van der Waals surface area (Å²) in [5.41, 5.74) is 0.922. The van der Waals surface area contributed by atoms with Gasteiger partial charge in [-0.1, -0.05) is 13.3 Å². The van der Waals surface area contributed by atoms with E-state index in [2.05, 4.69) is 5.32 Å². The number of nitro benzene ring substituents is 1. The predicted octanol–water partition coefficient (Wildman–Crippen LogP) is 3.60. The van der Waals surface area contributed by atoms with Gasteiger partial charge >= 0.3 is 5.69 Å². The van der Waals surface area contributed by atoms with Crippen molar-refractivity contribution in [1.29, 1.82) is 0 Å². The summed E-state index contributed by atoms with van der Waals surface area (Å²) in [6, 6.07) is 4.98. The molecule has 5 nitrogen and oxygen atoms in total. The first kappa shape index (κ1) is 13.6. The fourth-order valence-electron chi connectivity index (χ4n) is 2.06. The summed E-state index contributed by atoms with van der Waals surface area (Å²) in [6.07, 6.45) is 4.70. The molecule has 0 amide bonds. The molecule has 0 aromatic heterocycles. The third-order valence-corrected chi connectivity index (χ3v) is 3.44. The van der Waals surface area contributed by atoms with Crippen molar-refractivity contribution >= 4 is 11.4 Å². The lowest BCUT2D eigenvalue weighted by Crippen LogP contribution is -2.20. The summed E-state index contributed by atoms with van der Waals surface area (Å²) in [4.78, 5) is 10.5. The van der Waals surface area contributed by atoms with Crippen LogP contribution in [0, 0.1) is 16.0 Å². The molecule has 19 heavy (non-hydrogen) atoms. The summed E-state index contributed by atoms with van der Waals surface area (Å²) in [7, 11) is 0. The molecule has 0 bridgehead atoms. The van der Waals surface area contributed by atoms with Crippen molar-refractivity contribution in [3.63, 3.8) is 0 Å². The Hall–Kier alpha value is -1.78. The minimum absolute atomic E-state index is 0.0302. The number of ether oxygens (including phenoxy) is 1. The average molecular weight is 264 g/mol. The quantitative estimate of drug-likeness (QED) is 0.603. The Morgan fingerprint density at radius 2 is 2.26 bits per heavy atom. The van der Waals surface area contributed by atoms with E-state index in [1.807, 2.05) is 6.92 Å². The zero-order valence-electron chi connectivity index (χ0n) is 11.2. The van der Waals surface area contributed by atoms with Gasteiger partial charge in [-0.2, -0.15) is 0 Å². The van der Waals surface area contributed by atoms with Gasteiger partial charge in [0, 0.05) is 24.4 Å². The van der Waals surface area contributed by atoms with Crippen LogP contribution in [0.5, 0.6) is 5.75 Å². The maximum absolute atomic E-state index is 10.9. The fourth-order valence-corrected chi connectivity index (χ4v) is 2.06. The largest absolute Gasteiger partial charge is 0.487 e. The maximum Gasteiger partial charge on any atom is 0.311 e. The van der Waals surface area contributed by atoms with E-state index in [1.165, 1.54) is 25.3 Å². The zero-order chi connectivity index (χ0) is 13.7. The standard InChI is InChI=1S/C14H20N2O3/c1-2-8-19-14-9-12(6-7-13(14)16(17)18)15-10-11-4-3-5-11/h6-7,9,11,15H,2-5,8,10H2,1H3. The van der Waals surface area contributed by atoms with Crippen LogP contribution in [0.2, 0.25) is 0 Å². The van der Waals surface area contributed by atoms with E-state index in [4.69, 9.17) is 4.74 Å². The smallest absolute Gasteiger partial charge is 0.311 e. The first-order chi connectivity index (χ1) is 9.20. The van der Waals surface area contributed by atoms with Crippen molar-refractivity contribution in [2.45, 2.75) is 32.6 Å². The fraction of sp³-hybridized carbons (Fsp3) is 0.571. The van der Waals surface area contributed by atoms with E-state index in [9.17, 15) is 10.1 Å². The molecule has 1 fully saturated rings.